The molecule has 0 fully saturated rings. The molecule has 0 aliphatic heterocycles. The molecular weight excluding hydrogens is 252 g/mol. The largest absolute Gasteiger partial charge is 0.287 e. The Kier molecular flexibility index (Phi) is 4.80. The van der Waals surface area contributed by atoms with E-state index in [1.807, 2.05) is 26.1 Å². The standard InChI is InChI=1S/C12H15BrN2/c1-3-12(8-14)15(2)9-10-4-6-11(13)7-5-10/h4-7,12H,3,9H2,1-2H3. The smallest absolute Gasteiger partial charge is 0.0975 e. The molecule has 1 rings (SSSR count). The molecule has 0 aliphatic rings. The lowest BCUT2D eigenvalue weighted by molar-refractivity contribution is 0.273. The molecule has 1 aromatic rings. The number of halogens is 1. The zero-order valence-electron chi connectivity index (χ0n) is 9.07. The van der Waals surface area contributed by atoms with Crippen LogP contribution in [0.25, 0.3) is 0 Å². The molecule has 0 N–H and O–H groups in total. The van der Waals surface area contributed by atoms with Gasteiger partial charge in [0.2, 0.25) is 0 Å². The first-order valence-electron chi connectivity index (χ1n) is 5.01. The molecule has 0 radical (unpaired) electrons. The Labute approximate surface area is 99.6 Å². The highest BCUT2D eigenvalue weighted by atomic mass is 79.9. The van der Waals surface area contributed by atoms with Crippen molar-refractivity contribution in [1.82, 2.24) is 4.90 Å². The molecule has 0 bridgehead atoms. The minimum atomic E-state index is 0.00801. The molecular formula is C12H15BrN2. The van der Waals surface area contributed by atoms with Crippen LogP contribution in [0.15, 0.2) is 28.7 Å². The fraction of sp³-hybridized carbons (Fsp3) is 0.417. The number of nitriles is 1. The number of rotatable bonds is 4. The van der Waals surface area contributed by atoms with Crippen molar-refractivity contribution in [2.75, 3.05) is 7.05 Å². The molecule has 2 nitrogen and oxygen atoms in total. The second-order valence-corrected chi connectivity index (χ2v) is 4.51. The summed E-state index contributed by atoms with van der Waals surface area (Å²) in [5.74, 6) is 0. The minimum absolute atomic E-state index is 0.00801. The quantitative estimate of drug-likeness (QED) is 0.837. The topological polar surface area (TPSA) is 27.0 Å². The van der Waals surface area contributed by atoms with Gasteiger partial charge in [-0.1, -0.05) is 35.0 Å². The fourth-order valence-corrected chi connectivity index (χ4v) is 1.75. The van der Waals surface area contributed by atoms with Crippen LogP contribution in [-0.4, -0.2) is 18.0 Å². The van der Waals surface area contributed by atoms with Crippen molar-refractivity contribution < 1.29 is 0 Å². The monoisotopic (exact) mass is 266 g/mol. The average Bonchev–Trinajstić information content (AvgIpc) is 2.23. The highest BCUT2D eigenvalue weighted by molar-refractivity contribution is 9.10. The zero-order chi connectivity index (χ0) is 11.3. The van der Waals surface area contributed by atoms with Gasteiger partial charge in [-0.15, -0.1) is 0 Å². The molecule has 80 valence electrons. The average molecular weight is 267 g/mol. The molecule has 0 aliphatic carbocycles. The van der Waals surface area contributed by atoms with E-state index >= 15 is 0 Å². The van der Waals surface area contributed by atoms with E-state index in [-0.39, 0.29) is 6.04 Å². The van der Waals surface area contributed by atoms with Gasteiger partial charge in [0.1, 0.15) is 0 Å². The Balaban J connectivity index is 2.62. The summed E-state index contributed by atoms with van der Waals surface area (Å²) in [6.45, 7) is 2.85. The second-order valence-electron chi connectivity index (χ2n) is 3.59. The molecule has 15 heavy (non-hydrogen) atoms. The fourth-order valence-electron chi connectivity index (χ4n) is 1.49. The Morgan fingerprint density at radius 1 is 1.40 bits per heavy atom. The van der Waals surface area contributed by atoms with E-state index in [0.717, 1.165) is 17.4 Å². The van der Waals surface area contributed by atoms with Crippen LogP contribution in [0.3, 0.4) is 0 Å². The molecule has 0 heterocycles. The van der Waals surface area contributed by atoms with Crippen molar-refractivity contribution >= 4 is 15.9 Å². The van der Waals surface area contributed by atoms with E-state index in [9.17, 15) is 0 Å². The van der Waals surface area contributed by atoms with Crippen molar-refractivity contribution in [3.05, 3.63) is 34.3 Å². The summed E-state index contributed by atoms with van der Waals surface area (Å²) in [5.41, 5.74) is 1.23. The van der Waals surface area contributed by atoms with E-state index < -0.39 is 0 Å². The molecule has 0 amide bonds. The van der Waals surface area contributed by atoms with Gasteiger partial charge in [0.15, 0.2) is 0 Å². The Morgan fingerprint density at radius 2 is 2.00 bits per heavy atom. The van der Waals surface area contributed by atoms with Gasteiger partial charge in [-0.2, -0.15) is 5.26 Å². The maximum Gasteiger partial charge on any atom is 0.0975 e. The predicted molar refractivity (Wildman–Crippen MR) is 65.3 cm³/mol. The zero-order valence-corrected chi connectivity index (χ0v) is 10.7. The van der Waals surface area contributed by atoms with Crippen LogP contribution in [0.2, 0.25) is 0 Å². The van der Waals surface area contributed by atoms with Crippen LogP contribution in [0.5, 0.6) is 0 Å². The summed E-state index contributed by atoms with van der Waals surface area (Å²) in [4.78, 5) is 2.07. The van der Waals surface area contributed by atoms with Crippen molar-refractivity contribution in [2.45, 2.75) is 25.9 Å². The second kappa shape index (κ2) is 5.89. The van der Waals surface area contributed by atoms with Crippen LogP contribution in [-0.2, 0) is 6.54 Å². The first-order valence-corrected chi connectivity index (χ1v) is 5.81. The molecule has 3 heteroatoms. The van der Waals surface area contributed by atoms with Gasteiger partial charge in [-0.05, 0) is 31.2 Å². The summed E-state index contributed by atoms with van der Waals surface area (Å²) in [6.07, 6.45) is 0.865. The van der Waals surface area contributed by atoms with Gasteiger partial charge >= 0.3 is 0 Å². The van der Waals surface area contributed by atoms with Gasteiger partial charge in [-0.25, -0.2) is 0 Å². The number of nitrogens with zero attached hydrogens (tertiary/aromatic N) is 2. The lowest BCUT2D eigenvalue weighted by atomic mass is 10.1. The third-order valence-corrected chi connectivity index (χ3v) is 2.94. The van der Waals surface area contributed by atoms with Gasteiger partial charge < -0.3 is 0 Å². The van der Waals surface area contributed by atoms with Crippen molar-refractivity contribution in [2.24, 2.45) is 0 Å². The highest BCUT2D eigenvalue weighted by Crippen LogP contribution is 2.13. The molecule has 0 saturated heterocycles. The van der Waals surface area contributed by atoms with Crippen LogP contribution >= 0.6 is 15.9 Å². The van der Waals surface area contributed by atoms with E-state index in [0.29, 0.717) is 0 Å². The molecule has 0 saturated carbocycles. The number of hydrogen-bond acceptors (Lipinski definition) is 2. The first-order chi connectivity index (χ1) is 7.17. The molecule has 1 aromatic carbocycles. The minimum Gasteiger partial charge on any atom is -0.287 e. The van der Waals surface area contributed by atoms with E-state index in [4.69, 9.17) is 5.26 Å². The van der Waals surface area contributed by atoms with E-state index in [2.05, 4.69) is 39.0 Å². The van der Waals surface area contributed by atoms with Crippen LogP contribution in [0.1, 0.15) is 18.9 Å². The van der Waals surface area contributed by atoms with E-state index in [1.54, 1.807) is 0 Å². The molecule has 0 aromatic heterocycles. The Bertz CT molecular complexity index is 340. The third-order valence-electron chi connectivity index (χ3n) is 2.41. The summed E-state index contributed by atoms with van der Waals surface area (Å²) in [6, 6.07) is 10.5. The van der Waals surface area contributed by atoms with Gasteiger partial charge in [0.05, 0.1) is 12.1 Å². The third kappa shape index (κ3) is 3.65. The van der Waals surface area contributed by atoms with E-state index in [1.165, 1.54) is 5.56 Å². The summed E-state index contributed by atoms with van der Waals surface area (Å²) >= 11 is 3.40. The van der Waals surface area contributed by atoms with Crippen molar-refractivity contribution in [1.29, 1.82) is 5.26 Å². The lowest BCUT2D eigenvalue weighted by Crippen LogP contribution is -2.29. The Morgan fingerprint density at radius 3 is 2.47 bits per heavy atom. The van der Waals surface area contributed by atoms with Crippen LogP contribution < -0.4 is 0 Å². The lowest BCUT2D eigenvalue weighted by Gasteiger charge is -2.21. The van der Waals surface area contributed by atoms with Crippen LogP contribution in [0, 0.1) is 11.3 Å². The summed E-state index contributed by atoms with van der Waals surface area (Å²) < 4.78 is 1.08. The van der Waals surface area contributed by atoms with Gasteiger partial charge in [0, 0.05) is 11.0 Å². The maximum absolute atomic E-state index is 8.92. The Hall–Kier alpha value is -0.850. The molecule has 1 unspecified atom stereocenters. The molecule has 1 atom stereocenters. The van der Waals surface area contributed by atoms with Crippen molar-refractivity contribution in [3.8, 4) is 6.07 Å². The summed E-state index contributed by atoms with van der Waals surface area (Å²) in [7, 11) is 1.99. The predicted octanol–water partition coefficient (Wildman–Crippen LogP) is 3.18. The SMILES string of the molecule is CCC(C#N)N(C)Cc1ccc(Br)cc1. The van der Waals surface area contributed by atoms with Crippen LogP contribution in [0.4, 0.5) is 0 Å². The normalized spacial score (nSPS) is 12.5. The number of hydrogen-bond donors (Lipinski definition) is 0. The maximum atomic E-state index is 8.92. The molecule has 0 spiro atoms. The highest BCUT2D eigenvalue weighted by Gasteiger charge is 2.11. The summed E-state index contributed by atoms with van der Waals surface area (Å²) in [5, 5.41) is 8.92. The first kappa shape index (κ1) is 12.2. The van der Waals surface area contributed by atoms with Gasteiger partial charge in [0.25, 0.3) is 0 Å². The van der Waals surface area contributed by atoms with Gasteiger partial charge in [-0.3, -0.25) is 4.90 Å². The van der Waals surface area contributed by atoms with Crippen molar-refractivity contribution in [3.63, 3.8) is 0 Å². The number of benzene rings is 1.